The molecule has 1 saturated carbocycles. The lowest BCUT2D eigenvalue weighted by atomic mass is 9.76. The highest BCUT2D eigenvalue weighted by atomic mass is 19.2. The minimum atomic E-state index is -0.671. The van der Waals surface area contributed by atoms with Crippen LogP contribution >= 0.6 is 0 Å². The summed E-state index contributed by atoms with van der Waals surface area (Å²) in [5, 5.41) is 0. The Hall–Kier alpha value is -2.03. The standard InChI is InChI=1S/C34H45F3/c1-3-5-6-8-26-14-21-30(32(35)23-26)27-15-11-25(12-16-27)13-19-29-20-22-31(34(37)33(29)36)28-17-9-24(7-4-2)10-18-28/h14,17,20-25,27H,3-13,15-16,18-19H2,1-2H3. The van der Waals surface area contributed by atoms with Gasteiger partial charge in [0.2, 0.25) is 0 Å². The van der Waals surface area contributed by atoms with E-state index in [-0.39, 0.29) is 11.7 Å². The molecule has 2 aromatic carbocycles. The zero-order valence-corrected chi connectivity index (χ0v) is 22.9. The van der Waals surface area contributed by atoms with Crippen molar-refractivity contribution >= 4 is 5.57 Å². The van der Waals surface area contributed by atoms with Gasteiger partial charge in [-0.3, -0.25) is 0 Å². The third kappa shape index (κ3) is 7.30. The van der Waals surface area contributed by atoms with E-state index in [1.54, 1.807) is 18.2 Å². The molecule has 0 amide bonds. The molecule has 202 valence electrons. The van der Waals surface area contributed by atoms with Crippen LogP contribution in [0.5, 0.6) is 0 Å². The molecule has 37 heavy (non-hydrogen) atoms. The lowest BCUT2D eigenvalue weighted by Gasteiger charge is -2.29. The molecular weight excluding hydrogens is 465 g/mol. The van der Waals surface area contributed by atoms with E-state index in [1.165, 1.54) is 25.7 Å². The van der Waals surface area contributed by atoms with Crippen molar-refractivity contribution in [3.8, 4) is 0 Å². The highest BCUT2D eigenvalue weighted by Gasteiger charge is 2.25. The summed E-state index contributed by atoms with van der Waals surface area (Å²) in [5.41, 5.74) is 3.88. The maximum absolute atomic E-state index is 15.0. The van der Waals surface area contributed by atoms with Gasteiger partial charge in [-0.1, -0.05) is 69.9 Å². The molecule has 0 aliphatic heterocycles. The van der Waals surface area contributed by atoms with Crippen molar-refractivity contribution in [2.75, 3.05) is 0 Å². The molecule has 0 nitrogen and oxygen atoms in total. The smallest absolute Gasteiger partial charge is 0.166 e. The Morgan fingerprint density at radius 2 is 1.57 bits per heavy atom. The normalized spacial score (nSPS) is 22.2. The van der Waals surface area contributed by atoms with E-state index < -0.39 is 11.6 Å². The van der Waals surface area contributed by atoms with Crippen LogP contribution in [0, 0.1) is 29.3 Å². The van der Waals surface area contributed by atoms with Crippen LogP contribution in [0.3, 0.4) is 0 Å². The average molecular weight is 511 g/mol. The Balaban J connectivity index is 1.28. The highest BCUT2D eigenvalue weighted by molar-refractivity contribution is 5.67. The van der Waals surface area contributed by atoms with Crippen LogP contribution in [0.2, 0.25) is 0 Å². The second-order valence-electron chi connectivity index (χ2n) is 11.6. The fourth-order valence-corrected chi connectivity index (χ4v) is 6.59. The van der Waals surface area contributed by atoms with E-state index in [0.717, 1.165) is 80.9 Å². The van der Waals surface area contributed by atoms with Gasteiger partial charge in [-0.2, -0.15) is 0 Å². The number of hydrogen-bond donors (Lipinski definition) is 0. The van der Waals surface area contributed by atoms with E-state index in [1.807, 2.05) is 6.07 Å². The van der Waals surface area contributed by atoms with E-state index in [2.05, 4.69) is 26.0 Å². The molecule has 1 unspecified atom stereocenters. The largest absolute Gasteiger partial charge is 0.207 e. The maximum atomic E-state index is 15.0. The van der Waals surface area contributed by atoms with Crippen LogP contribution in [0.25, 0.3) is 5.57 Å². The van der Waals surface area contributed by atoms with Crippen LogP contribution < -0.4 is 0 Å². The zero-order valence-electron chi connectivity index (χ0n) is 22.9. The predicted molar refractivity (Wildman–Crippen MR) is 149 cm³/mol. The third-order valence-electron chi connectivity index (χ3n) is 8.97. The Morgan fingerprint density at radius 3 is 2.24 bits per heavy atom. The molecule has 0 heterocycles. The SMILES string of the molecule is CCCCCc1ccc(C2CCC(CCc3ccc(C4=CCC(CCC)CC4)c(F)c3F)CC2)c(F)c1. The number of hydrogen-bond acceptors (Lipinski definition) is 0. The molecule has 1 fully saturated rings. The number of halogens is 3. The van der Waals surface area contributed by atoms with Crippen molar-refractivity contribution in [1.29, 1.82) is 0 Å². The number of benzene rings is 2. The van der Waals surface area contributed by atoms with Gasteiger partial charge >= 0.3 is 0 Å². The summed E-state index contributed by atoms with van der Waals surface area (Å²) < 4.78 is 44.8. The second-order valence-corrected chi connectivity index (χ2v) is 11.6. The van der Waals surface area contributed by atoms with Crippen molar-refractivity contribution < 1.29 is 13.2 Å². The Bertz CT molecular complexity index is 1050. The Labute approximate surface area is 222 Å². The van der Waals surface area contributed by atoms with Gasteiger partial charge in [-0.05, 0) is 117 Å². The van der Waals surface area contributed by atoms with Gasteiger partial charge in [0, 0.05) is 5.56 Å². The summed E-state index contributed by atoms with van der Waals surface area (Å²) in [6, 6.07) is 9.45. The minimum Gasteiger partial charge on any atom is -0.207 e. The van der Waals surface area contributed by atoms with E-state index in [4.69, 9.17) is 0 Å². The van der Waals surface area contributed by atoms with Crippen LogP contribution in [0.1, 0.15) is 125 Å². The fourth-order valence-electron chi connectivity index (χ4n) is 6.59. The summed E-state index contributed by atoms with van der Waals surface area (Å²) in [6.07, 6.45) is 17.2. The molecular formula is C34H45F3. The summed E-state index contributed by atoms with van der Waals surface area (Å²) in [7, 11) is 0. The van der Waals surface area contributed by atoms with Gasteiger partial charge in [0.15, 0.2) is 11.6 Å². The molecule has 4 rings (SSSR count). The van der Waals surface area contributed by atoms with Gasteiger partial charge in [-0.15, -0.1) is 0 Å². The van der Waals surface area contributed by atoms with Crippen molar-refractivity contribution in [2.45, 2.75) is 116 Å². The molecule has 2 aromatic rings. The topological polar surface area (TPSA) is 0 Å². The second kappa shape index (κ2) is 13.7. The lowest BCUT2D eigenvalue weighted by molar-refractivity contribution is 0.305. The van der Waals surface area contributed by atoms with Crippen molar-refractivity contribution in [3.63, 3.8) is 0 Å². The maximum Gasteiger partial charge on any atom is 0.166 e. The first-order valence-electron chi connectivity index (χ1n) is 14.9. The van der Waals surface area contributed by atoms with Crippen molar-refractivity contribution in [2.24, 2.45) is 11.8 Å². The number of allylic oxidation sites excluding steroid dienone is 2. The molecule has 0 bridgehead atoms. The molecule has 2 aliphatic carbocycles. The van der Waals surface area contributed by atoms with Gasteiger partial charge in [0.25, 0.3) is 0 Å². The predicted octanol–water partition coefficient (Wildman–Crippen LogP) is 10.7. The molecule has 0 aromatic heterocycles. The molecule has 0 spiro atoms. The van der Waals surface area contributed by atoms with Crippen molar-refractivity contribution in [3.05, 3.63) is 76.1 Å². The van der Waals surface area contributed by atoms with E-state index >= 15 is 0 Å². The van der Waals surface area contributed by atoms with E-state index in [9.17, 15) is 13.2 Å². The Kier molecular flexibility index (Phi) is 10.3. The molecule has 3 heteroatoms. The first-order valence-corrected chi connectivity index (χ1v) is 14.9. The number of rotatable bonds is 11. The first kappa shape index (κ1) is 28.0. The minimum absolute atomic E-state index is 0.0518. The summed E-state index contributed by atoms with van der Waals surface area (Å²) >= 11 is 0. The van der Waals surface area contributed by atoms with Gasteiger partial charge in [0.05, 0.1) is 0 Å². The molecule has 0 N–H and O–H groups in total. The summed E-state index contributed by atoms with van der Waals surface area (Å²) in [4.78, 5) is 0. The van der Waals surface area contributed by atoms with Crippen LogP contribution in [-0.4, -0.2) is 0 Å². The van der Waals surface area contributed by atoms with Gasteiger partial charge in [-0.25, -0.2) is 13.2 Å². The number of unbranched alkanes of at least 4 members (excludes halogenated alkanes) is 2. The zero-order chi connectivity index (χ0) is 26.2. The average Bonchev–Trinajstić information content (AvgIpc) is 2.91. The molecule has 0 saturated heterocycles. The summed E-state index contributed by atoms with van der Waals surface area (Å²) in [6.45, 7) is 4.38. The lowest BCUT2D eigenvalue weighted by Crippen LogP contribution is -2.15. The fraction of sp³-hybridized carbons (Fsp3) is 0.588. The van der Waals surface area contributed by atoms with Crippen molar-refractivity contribution in [1.82, 2.24) is 0 Å². The first-order chi connectivity index (χ1) is 18.0. The summed E-state index contributed by atoms with van der Waals surface area (Å²) in [5.74, 6) is 0.0618. The van der Waals surface area contributed by atoms with Gasteiger partial charge in [0.1, 0.15) is 5.82 Å². The van der Waals surface area contributed by atoms with E-state index in [0.29, 0.717) is 29.4 Å². The Morgan fingerprint density at radius 1 is 0.757 bits per heavy atom. The van der Waals surface area contributed by atoms with Crippen LogP contribution in [0.4, 0.5) is 13.2 Å². The number of aryl methyl sites for hydroxylation is 2. The quantitative estimate of drug-likeness (QED) is 0.264. The monoisotopic (exact) mass is 510 g/mol. The molecule has 1 atom stereocenters. The molecule has 2 aliphatic rings. The van der Waals surface area contributed by atoms with Crippen LogP contribution in [0.15, 0.2) is 36.4 Å². The molecule has 0 radical (unpaired) electrons. The third-order valence-corrected chi connectivity index (χ3v) is 8.97. The van der Waals surface area contributed by atoms with Gasteiger partial charge < -0.3 is 0 Å². The van der Waals surface area contributed by atoms with Crippen LogP contribution in [-0.2, 0) is 12.8 Å². The highest BCUT2D eigenvalue weighted by Crippen LogP contribution is 2.39.